The average molecular weight is 513 g/mol. The first kappa shape index (κ1) is 24.0. The maximum Gasteiger partial charge on any atom is 0.332 e. The van der Waals surface area contributed by atoms with Crippen molar-refractivity contribution in [3.63, 3.8) is 0 Å². The predicted octanol–water partition coefficient (Wildman–Crippen LogP) is 0.968. The summed E-state index contributed by atoms with van der Waals surface area (Å²) < 4.78 is 31.7. The largest absolute Gasteiger partial charge is 0.481 e. The summed E-state index contributed by atoms with van der Waals surface area (Å²) in [5.74, 6) is -0.283. The molecule has 37 heavy (non-hydrogen) atoms. The number of ether oxygens (including phenoxy) is 3. The van der Waals surface area contributed by atoms with Crippen LogP contribution in [-0.4, -0.2) is 83.0 Å². The standard InChI is InChI=1S/C25H29FN6O5/c1-35-20-3-2-17-23(31-20)15(16(26)9-27-17)8-21(33)32(25-6-4-14(5-7-25)36-13-25)12-19-29-10-18-24(30-19)37-22(34)11-28-18/h2-3,9-10,14,19,21,28,30,33H,4-8,11-13H2,1H3. The minimum Gasteiger partial charge on any atom is -0.481 e. The Balaban J connectivity index is 1.30. The van der Waals surface area contributed by atoms with Gasteiger partial charge in [0.1, 0.15) is 30.5 Å². The summed E-state index contributed by atoms with van der Waals surface area (Å²) in [7, 11) is 1.49. The second-order valence-electron chi connectivity index (χ2n) is 9.89. The minimum atomic E-state index is -1.06. The van der Waals surface area contributed by atoms with Gasteiger partial charge in [0, 0.05) is 30.1 Å². The van der Waals surface area contributed by atoms with Crippen molar-refractivity contribution in [3.05, 3.63) is 41.3 Å². The van der Waals surface area contributed by atoms with Crippen LogP contribution in [0.3, 0.4) is 0 Å². The van der Waals surface area contributed by atoms with Crippen molar-refractivity contribution >= 4 is 23.2 Å². The molecule has 6 heterocycles. The molecule has 3 fully saturated rings. The number of nitrogens with zero attached hydrogens (tertiary/aromatic N) is 4. The van der Waals surface area contributed by atoms with Crippen LogP contribution in [0.25, 0.3) is 11.0 Å². The zero-order valence-electron chi connectivity index (χ0n) is 20.4. The molecule has 0 amide bonds. The van der Waals surface area contributed by atoms with Gasteiger partial charge in [-0.2, -0.15) is 0 Å². The predicted molar refractivity (Wildman–Crippen MR) is 130 cm³/mol. The van der Waals surface area contributed by atoms with E-state index < -0.39 is 29.7 Å². The van der Waals surface area contributed by atoms with Crippen molar-refractivity contribution in [1.82, 2.24) is 25.5 Å². The van der Waals surface area contributed by atoms with E-state index in [9.17, 15) is 9.90 Å². The molecule has 2 bridgehead atoms. The fraction of sp³-hybridized carbons (Fsp3) is 0.520. The van der Waals surface area contributed by atoms with Gasteiger partial charge in [-0.3, -0.25) is 14.9 Å². The van der Waals surface area contributed by atoms with E-state index in [1.807, 2.05) is 4.90 Å². The highest BCUT2D eigenvalue weighted by Gasteiger charge is 2.48. The number of methoxy groups -OCH3 is 1. The van der Waals surface area contributed by atoms with Gasteiger partial charge in [0.2, 0.25) is 11.8 Å². The van der Waals surface area contributed by atoms with E-state index in [-0.39, 0.29) is 24.6 Å². The summed E-state index contributed by atoms with van der Waals surface area (Å²) >= 11 is 0. The summed E-state index contributed by atoms with van der Waals surface area (Å²) in [5, 5.41) is 17.8. The second-order valence-corrected chi connectivity index (χ2v) is 9.89. The number of aliphatic hydroxyl groups excluding tert-OH is 1. The molecule has 2 aromatic rings. The molecule has 0 radical (unpaired) electrons. The highest BCUT2D eigenvalue weighted by Crippen LogP contribution is 2.42. The Morgan fingerprint density at radius 3 is 2.95 bits per heavy atom. The van der Waals surface area contributed by atoms with E-state index in [2.05, 4.69) is 25.6 Å². The van der Waals surface area contributed by atoms with Gasteiger partial charge in [-0.1, -0.05) is 0 Å². The monoisotopic (exact) mass is 512 g/mol. The number of aromatic nitrogens is 2. The number of hydrogen-bond acceptors (Lipinski definition) is 11. The zero-order valence-corrected chi connectivity index (χ0v) is 20.4. The average Bonchev–Trinajstić information content (AvgIpc) is 2.93. The number of esters is 1. The van der Waals surface area contributed by atoms with Gasteiger partial charge in [0.05, 0.1) is 43.3 Å². The first-order chi connectivity index (χ1) is 17.9. The Morgan fingerprint density at radius 1 is 1.35 bits per heavy atom. The van der Waals surface area contributed by atoms with E-state index in [4.69, 9.17) is 14.2 Å². The molecule has 3 N–H and O–H groups in total. The van der Waals surface area contributed by atoms with E-state index in [1.54, 1.807) is 18.3 Å². The number of aliphatic hydroxyl groups is 1. The lowest BCUT2D eigenvalue weighted by molar-refractivity contribution is -0.177. The molecular formula is C25H29FN6O5. The first-order valence-electron chi connectivity index (χ1n) is 12.5. The minimum absolute atomic E-state index is 0.0167. The number of fused-ring (bicyclic) bond motifs is 4. The van der Waals surface area contributed by atoms with Crippen LogP contribution in [0.5, 0.6) is 5.88 Å². The van der Waals surface area contributed by atoms with Crippen LogP contribution in [0.4, 0.5) is 4.39 Å². The molecule has 0 spiro atoms. The zero-order chi connectivity index (χ0) is 25.6. The smallest absolute Gasteiger partial charge is 0.332 e. The third-order valence-electron chi connectivity index (χ3n) is 7.69. The van der Waals surface area contributed by atoms with Gasteiger partial charge >= 0.3 is 5.97 Å². The molecule has 1 aliphatic carbocycles. The Hall–Kier alpha value is -3.35. The lowest BCUT2D eigenvalue weighted by Crippen LogP contribution is -2.64. The summed E-state index contributed by atoms with van der Waals surface area (Å²) in [6.07, 6.45) is 4.94. The van der Waals surface area contributed by atoms with E-state index in [0.29, 0.717) is 41.6 Å². The van der Waals surface area contributed by atoms with Crippen LogP contribution in [0, 0.1) is 5.82 Å². The van der Waals surface area contributed by atoms with Crippen molar-refractivity contribution in [2.45, 2.75) is 56.1 Å². The van der Waals surface area contributed by atoms with Crippen molar-refractivity contribution in [1.29, 1.82) is 0 Å². The van der Waals surface area contributed by atoms with E-state index >= 15 is 4.39 Å². The quantitative estimate of drug-likeness (QED) is 0.364. The molecule has 1 saturated carbocycles. The van der Waals surface area contributed by atoms with E-state index in [0.717, 1.165) is 31.9 Å². The van der Waals surface area contributed by atoms with Crippen LogP contribution in [0.2, 0.25) is 0 Å². The molecule has 2 unspecified atom stereocenters. The molecule has 2 saturated heterocycles. The van der Waals surface area contributed by atoms with Crippen LogP contribution >= 0.6 is 0 Å². The number of carbonyl (C=O) groups excluding carboxylic acids is 1. The maximum atomic E-state index is 15.1. The second kappa shape index (κ2) is 9.51. The van der Waals surface area contributed by atoms with Gasteiger partial charge in [0.25, 0.3) is 0 Å². The SMILES string of the molecule is COc1ccc2ncc(F)c(CC(O)N(CC3N=CC4=C(N3)OC(=O)CN4)C34CCC(CC3)OC4)c2n1. The maximum absolute atomic E-state index is 15.1. The Kier molecular flexibility index (Phi) is 6.17. The number of halogens is 1. The molecule has 12 heteroatoms. The summed E-state index contributed by atoms with van der Waals surface area (Å²) in [6, 6.07) is 3.38. The number of pyridine rings is 2. The summed E-state index contributed by atoms with van der Waals surface area (Å²) in [4.78, 5) is 26.9. The number of carbonyl (C=O) groups is 1. The topological polar surface area (TPSA) is 130 Å². The number of nitrogens with one attached hydrogen (secondary N) is 2. The van der Waals surface area contributed by atoms with Gasteiger partial charge in [0.15, 0.2) is 0 Å². The molecule has 2 atom stereocenters. The Morgan fingerprint density at radius 2 is 2.19 bits per heavy atom. The molecule has 2 aromatic heterocycles. The number of rotatable bonds is 7. The number of hydrogen-bond donors (Lipinski definition) is 3. The highest BCUT2D eigenvalue weighted by atomic mass is 19.1. The van der Waals surface area contributed by atoms with Crippen LogP contribution in [-0.2, 0) is 20.7 Å². The van der Waals surface area contributed by atoms with Gasteiger partial charge in [-0.15, -0.1) is 0 Å². The molecule has 0 aromatic carbocycles. The molecule has 7 rings (SSSR count). The number of allylic oxidation sites excluding steroid dienone is 1. The Bertz CT molecular complexity index is 1260. The van der Waals surface area contributed by atoms with Crippen LogP contribution < -0.4 is 15.4 Å². The van der Waals surface area contributed by atoms with Crippen LogP contribution in [0.15, 0.2) is 34.9 Å². The fourth-order valence-corrected chi connectivity index (χ4v) is 5.69. The summed E-state index contributed by atoms with van der Waals surface area (Å²) in [6.45, 7) is 0.844. The third kappa shape index (κ3) is 4.49. The summed E-state index contributed by atoms with van der Waals surface area (Å²) in [5.41, 5.74) is 1.31. The molecule has 4 aliphatic heterocycles. The molecular weight excluding hydrogens is 483 g/mol. The lowest BCUT2D eigenvalue weighted by Gasteiger charge is -2.54. The van der Waals surface area contributed by atoms with Crippen molar-refractivity contribution in [3.8, 4) is 5.88 Å². The van der Waals surface area contributed by atoms with Crippen molar-refractivity contribution in [2.24, 2.45) is 4.99 Å². The third-order valence-corrected chi connectivity index (χ3v) is 7.69. The van der Waals surface area contributed by atoms with Gasteiger partial charge < -0.3 is 30.0 Å². The Labute approximate surface area is 212 Å². The van der Waals surface area contributed by atoms with Crippen LogP contribution in [0.1, 0.15) is 31.2 Å². The molecule has 11 nitrogen and oxygen atoms in total. The highest BCUT2D eigenvalue weighted by molar-refractivity contribution is 5.85. The first-order valence-corrected chi connectivity index (χ1v) is 12.5. The normalized spacial score (nSPS) is 27.5. The number of aliphatic imine (C=N–C) groups is 1. The van der Waals surface area contributed by atoms with Gasteiger partial charge in [-0.05, 0) is 31.7 Å². The van der Waals surface area contributed by atoms with Crippen molar-refractivity contribution in [2.75, 3.05) is 26.8 Å². The van der Waals surface area contributed by atoms with E-state index in [1.165, 1.54) is 7.11 Å². The van der Waals surface area contributed by atoms with Crippen molar-refractivity contribution < 1.29 is 28.5 Å². The fourth-order valence-electron chi connectivity index (χ4n) is 5.69. The molecule has 5 aliphatic rings. The lowest BCUT2D eigenvalue weighted by atomic mass is 9.76. The van der Waals surface area contributed by atoms with Gasteiger partial charge in [-0.25, -0.2) is 14.2 Å². The molecule has 196 valence electrons.